The second-order valence-electron chi connectivity index (χ2n) is 13.1. The Labute approximate surface area is 275 Å². The highest BCUT2D eigenvalue weighted by atomic mass is 35.5. The van der Waals surface area contributed by atoms with E-state index in [1.807, 2.05) is 15.9 Å². The minimum atomic E-state index is -1.02. The zero-order valence-corrected chi connectivity index (χ0v) is 27.0. The average molecular weight is 655 g/mol. The number of aliphatic hydroxyl groups excluding tert-OH is 1. The van der Waals surface area contributed by atoms with Gasteiger partial charge in [0.15, 0.2) is 0 Å². The maximum atomic E-state index is 15.0. The summed E-state index contributed by atoms with van der Waals surface area (Å²) in [6.07, 6.45) is 2.92. The first-order valence-electron chi connectivity index (χ1n) is 16.8. The van der Waals surface area contributed by atoms with E-state index in [0.717, 1.165) is 58.4 Å². The molecule has 0 spiro atoms. The lowest BCUT2D eigenvalue weighted by Crippen LogP contribution is -2.64. The smallest absolute Gasteiger partial charge is 0.256 e. The van der Waals surface area contributed by atoms with Gasteiger partial charge in [0.2, 0.25) is 5.91 Å². The molecule has 2 amide bonds. The number of carbonyl (C=O) groups is 2. The van der Waals surface area contributed by atoms with Crippen LogP contribution < -0.4 is 10.2 Å². The molecule has 248 valence electrons. The Bertz CT molecular complexity index is 1440. The third kappa shape index (κ3) is 6.25. The summed E-state index contributed by atoms with van der Waals surface area (Å²) in [5, 5.41) is 15.8. The Kier molecular flexibility index (Phi) is 9.49. The van der Waals surface area contributed by atoms with Crippen molar-refractivity contribution in [1.82, 2.24) is 24.9 Å². The first-order valence-corrected chi connectivity index (χ1v) is 17.2. The number of likely N-dealkylation sites (tertiary alicyclic amines) is 1. The summed E-state index contributed by atoms with van der Waals surface area (Å²) >= 11 is 6.02. The van der Waals surface area contributed by atoms with Crippen molar-refractivity contribution in [3.05, 3.63) is 52.8 Å². The number of morpholine rings is 1. The van der Waals surface area contributed by atoms with Gasteiger partial charge in [-0.25, -0.2) is 4.39 Å². The lowest BCUT2D eigenvalue weighted by Gasteiger charge is -2.45. The number of fused-ring (bicyclic) bond motifs is 2. The molecule has 1 unspecified atom stereocenters. The number of carbonyl (C=O) groups excluding carboxylic acids is 2. The molecule has 7 rings (SSSR count). The van der Waals surface area contributed by atoms with Crippen molar-refractivity contribution in [3.8, 4) is 11.1 Å². The quantitative estimate of drug-likeness (QED) is 0.491. The number of anilines is 1. The summed E-state index contributed by atoms with van der Waals surface area (Å²) in [6.45, 7) is 8.00. The molecule has 4 fully saturated rings. The minimum absolute atomic E-state index is 0.109. The van der Waals surface area contributed by atoms with Gasteiger partial charge in [-0.05, 0) is 81.2 Å². The number of rotatable bonds is 6. The van der Waals surface area contributed by atoms with Gasteiger partial charge in [-0.2, -0.15) is 0 Å². The monoisotopic (exact) mass is 654 g/mol. The van der Waals surface area contributed by atoms with Crippen molar-refractivity contribution < 1.29 is 23.8 Å². The SMILES string of the molecule is O=C([C@@H]1CCCN1C1CCNCC1)N1CCN2C(=O)c3cc(-c4ccc(Cl)cc4F)ccc3N(CCN3CCOCC3)C(O)[C@H]2C1. The van der Waals surface area contributed by atoms with E-state index in [1.165, 1.54) is 6.07 Å². The summed E-state index contributed by atoms with van der Waals surface area (Å²) in [5.74, 6) is -0.570. The predicted molar refractivity (Wildman–Crippen MR) is 174 cm³/mol. The van der Waals surface area contributed by atoms with Crippen molar-refractivity contribution in [1.29, 1.82) is 0 Å². The van der Waals surface area contributed by atoms with Crippen molar-refractivity contribution in [2.24, 2.45) is 0 Å². The van der Waals surface area contributed by atoms with Gasteiger partial charge in [0.25, 0.3) is 5.91 Å². The Morgan fingerprint density at radius 3 is 2.57 bits per heavy atom. The third-order valence-corrected chi connectivity index (χ3v) is 10.8. The van der Waals surface area contributed by atoms with E-state index in [9.17, 15) is 19.1 Å². The van der Waals surface area contributed by atoms with Gasteiger partial charge in [-0.1, -0.05) is 17.7 Å². The number of piperazine rings is 1. The molecule has 0 saturated carbocycles. The molecule has 0 aliphatic carbocycles. The Hall–Kier alpha value is -2.80. The molecule has 5 aliphatic heterocycles. The zero-order valence-electron chi connectivity index (χ0n) is 26.3. The van der Waals surface area contributed by atoms with Gasteiger partial charge in [0, 0.05) is 62.4 Å². The maximum Gasteiger partial charge on any atom is 0.256 e. The van der Waals surface area contributed by atoms with Gasteiger partial charge in [0.05, 0.1) is 36.5 Å². The number of nitrogens with one attached hydrogen (secondary N) is 1. The summed E-state index contributed by atoms with van der Waals surface area (Å²) < 4.78 is 20.5. The van der Waals surface area contributed by atoms with Crippen molar-refractivity contribution >= 4 is 29.1 Å². The highest BCUT2D eigenvalue weighted by molar-refractivity contribution is 6.30. The molecular weight excluding hydrogens is 611 g/mol. The molecular formula is C34H44ClFN6O4. The number of halogens is 2. The van der Waals surface area contributed by atoms with Crippen molar-refractivity contribution in [3.63, 3.8) is 0 Å². The van der Waals surface area contributed by atoms with Crippen LogP contribution in [0.2, 0.25) is 5.02 Å². The van der Waals surface area contributed by atoms with Crippen molar-refractivity contribution in [2.45, 2.75) is 50.0 Å². The van der Waals surface area contributed by atoms with E-state index in [-0.39, 0.29) is 24.4 Å². The lowest BCUT2D eigenvalue weighted by atomic mass is 10.00. The standard InChI is InChI=1S/C34H44ClFN6O4/c35-24-4-5-26(28(36)21-24)23-3-6-29-27(20-23)32(43)42-15-13-39(33(44)30-2-1-11-40(30)25-7-9-37-10-8-25)22-31(42)34(45)41(29)14-12-38-16-18-46-19-17-38/h3-6,20-21,25,30-31,34,37,45H,1-2,7-19,22H2/t30-,31+,34?/m0/s1. The average Bonchev–Trinajstić information content (AvgIpc) is 3.56. The van der Waals surface area contributed by atoms with Crippen LogP contribution in [0.1, 0.15) is 36.0 Å². The first kappa shape index (κ1) is 31.8. The molecule has 12 heteroatoms. The molecule has 5 aliphatic rings. The van der Waals surface area contributed by atoms with Crippen LogP contribution in [-0.4, -0.2) is 140 Å². The first-order chi connectivity index (χ1) is 22.4. The molecule has 3 atom stereocenters. The van der Waals surface area contributed by atoms with Crippen LogP contribution in [0.4, 0.5) is 10.1 Å². The van der Waals surface area contributed by atoms with Gasteiger partial charge in [0.1, 0.15) is 12.0 Å². The molecule has 4 saturated heterocycles. The van der Waals surface area contributed by atoms with Gasteiger partial charge in [-0.3, -0.25) is 19.4 Å². The summed E-state index contributed by atoms with van der Waals surface area (Å²) in [6, 6.07) is 9.52. The fraction of sp³-hybridized carbons (Fsp3) is 0.588. The minimum Gasteiger partial charge on any atom is -0.379 e. The highest BCUT2D eigenvalue weighted by Gasteiger charge is 2.46. The largest absolute Gasteiger partial charge is 0.379 e. The van der Waals surface area contributed by atoms with Crippen LogP contribution in [0.15, 0.2) is 36.4 Å². The van der Waals surface area contributed by atoms with Crippen LogP contribution in [0.3, 0.4) is 0 Å². The topological polar surface area (TPSA) is 91.8 Å². The number of aliphatic hydroxyl groups is 1. The van der Waals surface area contributed by atoms with Crippen LogP contribution in [-0.2, 0) is 9.53 Å². The normalized spacial score (nSPS) is 26.6. The number of hydrogen-bond acceptors (Lipinski definition) is 8. The highest BCUT2D eigenvalue weighted by Crippen LogP contribution is 2.36. The molecule has 0 bridgehead atoms. The maximum absolute atomic E-state index is 15.0. The molecule has 2 N–H and O–H groups in total. The Morgan fingerprint density at radius 1 is 0.978 bits per heavy atom. The van der Waals surface area contributed by atoms with Crippen LogP contribution in [0.25, 0.3) is 11.1 Å². The van der Waals surface area contributed by atoms with Crippen LogP contribution in [0.5, 0.6) is 0 Å². The fourth-order valence-electron chi connectivity index (χ4n) is 8.04. The molecule has 0 radical (unpaired) electrons. The number of nitrogens with zero attached hydrogens (tertiary/aromatic N) is 5. The summed E-state index contributed by atoms with van der Waals surface area (Å²) in [5.41, 5.74) is 1.95. The number of ether oxygens (including phenoxy) is 1. The second kappa shape index (κ2) is 13.7. The van der Waals surface area contributed by atoms with E-state index < -0.39 is 18.1 Å². The van der Waals surface area contributed by atoms with E-state index in [2.05, 4.69) is 15.1 Å². The van der Waals surface area contributed by atoms with Gasteiger partial charge >= 0.3 is 0 Å². The number of amides is 2. The molecule has 46 heavy (non-hydrogen) atoms. The Morgan fingerprint density at radius 2 is 1.78 bits per heavy atom. The van der Waals surface area contributed by atoms with Gasteiger partial charge in [-0.15, -0.1) is 0 Å². The molecule has 2 aromatic rings. The lowest BCUT2D eigenvalue weighted by molar-refractivity contribution is -0.140. The number of piperidine rings is 1. The predicted octanol–water partition coefficient (Wildman–Crippen LogP) is 2.49. The zero-order chi connectivity index (χ0) is 31.8. The second-order valence-corrected chi connectivity index (χ2v) is 13.6. The summed E-state index contributed by atoms with van der Waals surface area (Å²) in [7, 11) is 0. The third-order valence-electron chi connectivity index (χ3n) is 10.6. The number of hydrogen-bond donors (Lipinski definition) is 2. The summed E-state index contributed by atoms with van der Waals surface area (Å²) in [4.78, 5) is 38.6. The molecule has 0 aromatic heterocycles. The fourth-order valence-corrected chi connectivity index (χ4v) is 8.20. The molecule has 5 heterocycles. The van der Waals surface area contributed by atoms with Gasteiger partial charge < -0.3 is 29.9 Å². The van der Waals surface area contributed by atoms with E-state index in [1.54, 1.807) is 29.2 Å². The van der Waals surface area contributed by atoms with E-state index in [0.29, 0.717) is 72.8 Å². The van der Waals surface area contributed by atoms with Crippen LogP contribution >= 0.6 is 11.6 Å². The molecule has 10 nitrogen and oxygen atoms in total. The molecule has 2 aromatic carbocycles. The van der Waals surface area contributed by atoms with E-state index in [4.69, 9.17) is 16.3 Å². The van der Waals surface area contributed by atoms with Crippen molar-refractivity contribution in [2.75, 3.05) is 83.6 Å². The Balaban J connectivity index is 1.17. The van der Waals surface area contributed by atoms with Crippen LogP contribution in [0, 0.1) is 5.82 Å². The van der Waals surface area contributed by atoms with E-state index >= 15 is 0 Å². The number of benzene rings is 2.